The Morgan fingerprint density at radius 2 is 1.40 bits per heavy atom. The normalized spacial score (nSPS) is 20.5. The van der Waals surface area contributed by atoms with E-state index in [1.807, 2.05) is 12.2 Å². The molecule has 2 aliphatic rings. The van der Waals surface area contributed by atoms with E-state index < -0.39 is 73.3 Å². The van der Waals surface area contributed by atoms with E-state index in [4.69, 9.17) is 0 Å². The number of rotatable bonds is 25. The van der Waals surface area contributed by atoms with E-state index in [-0.39, 0.29) is 55.5 Å². The van der Waals surface area contributed by atoms with Crippen LogP contribution in [-0.2, 0) is 56.1 Å². The summed E-state index contributed by atoms with van der Waals surface area (Å²) in [5.74, 6) is -1.77. The molecule has 0 amide bonds. The minimum absolute atomic E-state index is 0.0203. The minimum Gasteiger partial charge on any atom is -0.744 e. The van der Waals surface area contributed by atoms with Gasteiger partial charge in [-0.1, -0.05) is 56.6 Å². The summed E-state index contributed by atoms with van der Waals surface area (Å²) in [6.07, 6.45) is 16.4. The predicted molar refractivity (Wildman–Crippen MR) is 266 cm³/mol. The number of carbonyl (C=O) groups is 1. The second-order valence-electron chi connectivity index (χ2n) is 16.6. The van der Waals surface area contributed by atoms with E-state index in [9.17, 15) is 61.8 Å². The highest BCUT2D eigenvalue weighted by atomic mass is 127. The van der Waals surface area contributed by atoms with Crippen molar-refractivity contribution in [2.24, 2.45) is 0 Å². The number of hydrogen-bond acceptors (Lipinski definition) is 11. The number of aliphatic carboxylic acids is 1. The van der Waals surface area contributed by atoms with Crippen LogP contribution >= 0.6 is 45.2 Å². The van der Waals surface area contributed by atoms with E-state index >= 15 is 0 Å². The number of carboxylic acids is 1. The summed E-state index contributed by atoms with van der Waals surface area (Å²) in [7, 11) is -18.2. The van der Waals surface area contributed by atoms with Crippen LogP contribution in [0, 0.1) is 7.14 Å². The third-order valence-corrected chi connectivity index (χ3v) is 16.8. The molecule has 65 heavy (non-hydrogen) atoms. The zero-order chi connectivity index (χ0) is 48.6. The fourth-order valence-electron chi connectivity index (χ4n) is 8.73. The van der Waals surface area contributed by atoms with Crippen molar-refractivity contribution < 1.29 is 66.4 Å². The second kappa shape index (κ2) is 22.7. The Balaban J connectivity index is 1.78. The molecule has 0 saturated heterocycles. The van der Waals surface area contributed by atoms with Gasteiger partial charge >= 0.3 is 16.1 Å². The van der Waals surface area contributed by atoms with Crippen molar-refractivity contribution in [2.75, 3.05) is 23.0 Å². The third-order valence-electron chi connectivity index (χ3n) is 11.7. The fourth-order valence-corrected chi connectivity index (χ4v) is 13.8. The molecule has 0 saturated carbocycles. The smallest absolute Gasteiger partial charge is 0.329 e. The van der Waals surface area contributed by atoms with Crippen LogP contribution in [-0.4, -0.2) is 96.7 Å². The molecule has 360 valence electrons. The highest BCUT2D eigenvalue weighted by Gasteiger charge is 2.52. The first-order chi connectivity index (χ1) is 30.1. The summed E-state index contributed by atoms with van der Waals surface area (Å²) < 4.78 is 141. The van der Waals surface area contributed by atoms with Gasteiger partial charge in [-0.15, -0.1) is 0 Å². The van der Waals surface area contributed by atoms with Gasteiger partial charge in [0.05, 0.1) is 21.8 Å². The molecule has 2 aromatic rings. The van der Waals surface area contributed by atoms with Gasteiger partial charge in [0.2, 0.25) is 5.69 Å². The van der Waals surface area contributed by atoms with Gasteiger partial charge in [-0.25, -0.2) is 8.42 Å². The molecule has 0 bridgehead atoms. The summed E-state index contributed by atoms with van der Waals surface area (Å²) in [5, 5.41) is 7.69. The van der Waals surface area contributed by atoms with Crippen molar-refractivity contribution in [1.29, 1.82) is 0 Å². The Bertz CT molecular complexity index is 2720. The number of nitrogens with zero attached hydrogens (tertiary/aromatic N) is 2. The largest absolute Gasteiger partial charge is 0.744 e. The topological polar surface area (TPSA) is 264 Å². The van der Waals surface area contributed by atoms with Crippen molar-refractivity contribution >= 4 is 109 Å². The number of halogens is 2. The van der Waals surface area contributed by atoms with Gasteiger partial charge in [0, 0.05) is 66.6 Å². The summed E-state index contributed by atoms with van der Waals surface area (Å²) >= 11 is 4.58. The van der Waals surface area contributed by atoms with Crippen LogP contribution in [0.25, 0.3) is 0 Å². The van der Waals surface area contributed by atoms with Crippen LogP contribution in [0.5, 0.6) is 0 Å². The molecule has 0 aromatic heterocycles. The van der Waals surface area contributed by atoms with Crippen molar-refractivity contribution in [3.63, 3.8) is 0 Å². The number of carboxylic acid groups (broad SMARTS) is 1. The van der Waals surface area contributed by atoms with Gasteiger partial charge in [-0.2, -0.15) is 29.8 Å². The SMILES string of the molecule is CCCC([N+]1=C(C=CC=CC=CC=C2N(CCCCS(=O)(=O)O)c3cc(I)cc(I)c3C2(C)CCCCCC(=O)O)C(C)(CCCCS(=O)(=O)O)c2cc(S(=O)(=O)[O-])ccc21)S(=O)(=O)O. The van der Waals surface area contributed by atoms with E-state index in [1.165, 1.54) is 16.7 Å². The van der Waals surface area contributed by atoms with Gasteiger partial charge in [-0.05, 0) is 134 Å². The second-order valence-corrected chi connectivity index (χ2v) is 25.1. The molecular weight excluding hydrogens is 1150 g/mol. The molecule has 0 spiro atoms. The number of unbranched alkanes of at least 4 members (excludes halogenated alkanes) is 4. The van der Waals surface area contributed by atoms with Crippen LogP contribution in [0.4, 0.5) is 11.4 Å². The number of benzene rings is 2. The molecule has 4 rings (SSSR count). The lowest BCUT2D eigenvalue weighted by Crippen LogP contribution is -2.37. The first-order valence-electron chi connectivity index (χ1n) is 21.0. The van der Waals surface area contributed by atoms with Crippen LogP contribution < -0.4 is 4.90 Å². The number of hydrogen-bond donors (Lipinski definition) is 4. The van der Waals surface area contributed by atoms with Crippen LogP contribution in [0.3, 0.4) is 0 Å². The minimum atomic E-state index is -4.95. The molecule has 3 unspecified atom stereocenters. The Morgan fingerprint density at radius 3 is 2.00 bits per heavy atom. The van der Waals surface area contributed by atoms with Gasteiger partial charge in [0.1, 0.15) is 10.1 Å². The molecule has 2 aliphatic heterocycles. The Kier molecular flexibility index (Phi) is 19.2. The summed E-state index contributed by atoms with van der Waals surface area (Å²) in [5.41, 5.74) is 2.19. The highest BCUT2D eigenvalue weighted by molar-refractivity contribution is 14.1. The van der Waals surface area contributed by atoms with Crippen molar-refractivity contribution in [3.8, 4) is 0 Å². The van der Waals surface area contributed by atoms with Crippen molar-refractivity contribution in [3.05, 3.63) is 96.8 Å². The molecule has 0 radical (unpaired) electrons. The maximum atomic E-state index is 13.0. The van der Waals surface area contributed by atoms with Crippen molar-refractivity contribution in [2.45, 2.75) is 119 Å². The summed E-state index contributed by atoms with van der Waals surface area (Å²) in [6, 6.07) is 7.74. The number of allylic oxidation sites excluding steroid dienone is 8. The number of anilines is 1. The van der Waals surface area contributed by atoms with Gasteiger partial charge < -0.3 is 14.6 Å². The lowest BCUT2D eigenvalue weighted by Gasteiger charge is -2.31. The van der Waals surface area contributed by atoms with E-state index in [0.29, 0.717) is 44.4 Å². The molecule has 22 heteroatoms. The van der Waals surface area contributed by atoms with E-state index in [2.05, 4.69) is 69.1 Å². The lowest BCUT2D eigenvalue weighted by atomic mass is 9.75. The maximum absolute atomic E-state index is 13.0. The van der Waals surface area contributed by atoms with Gasteiger partial charge in [0.25, 0.3) is 25.6 Å². The number of fused-ring (bicyclic) bond motifs is 2. The molecule has 2 heterocycles. The molecular formula is C43H56I2N2O14S4. The lowest BCUT2D eigenvalue weighted by molar-refractivity contribution is -0.458. The molecule has 0 fully saturated rings. The monoisotopic (exact) mass is 1210 g/mol. The Hall–Kier alpha value is -2.56. The van der Waals surface area contributed by atoms with E-state index in [1.54, 1.807) is 44.2 Å². The van der Waals surface area contributed by atoms with Crippen molar-refractivity contribution in [1.82, 2.24) is 0 Å². The van der Waals surface area contributed by atoms with Gasteiger partial charge in [0.15, 0.2) is 5.71 Å². The zero-order valence-electron chi connectivity index (χ0n) is 36.3. The van der Waals surface area contributed by atoms with Crippen LogP contribution in [0.15, 0.2) is 83.5 Å². The van der Waals surface area contributed by atoms with E-state index in [0.717, 1.165) is 36.6 Å². The molecule has 3 atom stereocenters. The molecule has 4 N–H and O–H groups in total. The summed E-state index contributed by atoms with van der Waals surface area (Å²) in [4.78, 5) is 12.8. The third kappa shape index (κ3) is 14.7. The predicted octanol–water partition coefficient (Wildman–Crippen LogP) is 8.26. The average molecular weight is 1210 g/mol. The highest BCUT2D eigenvalue weighted by Crippen LogP contribution is 2.53. The van der Waals surface area contributed by atoms with Gasteiger partial charge in [-0.3, -0.25) is 18.5 Å². The zero-order valence-corrected chi connectivity index (χ0v) is 43.8. The molecule has 2 aromatic carbocycles. The Morgan fingerprint density at radius 1 is 0.800 bits per heavy atom. The Labute approximate surface area is 410 Å². The standard InChI is InChI=1S/C43H56I2N2O14S4/c1-4-17-39(65(59,60)61)47-35-22-21-32(64(56,57)58)30-33(35)42(2,23-13-15-26-62(50,51)52)38(47)19-10-7-5-6-9-18-37-43(3,24-12-8-11-20-40(48)49)41-34(45)28-31(44)29-36(41)46(37)25-14-16-27-63(53,54)55/h5-7,9-10,18-19,21-22,28-30,39H,4,8,11-17,20,23-27H2,1-3H3,(H4-,48,49,50,51,52,53,54,55,56,57,58,59,60,61). The first kappa shape index (κ1) is 55.0. The maximum Gasteiger partial charge on any atom is 0.329 e. The molecule has 16 nitrogen and oxygen atoms in total. The molecule has 0 aliphatic carbocycles. The van der Waals surface area contributed by atoms with Crippen LogP contribution in [0.1, 0.15) is 109 Å². The fraction of sp³-hybridized carbons (Fsp3) is 0.488. The quantitative estimate of drug-likeness (QED) is 0.0240. The summed E-state index contributed by atoms with van der Waals surface area (Å²) in [6.45, 7) is 6.05. The van der Waals surface area contributed by atoms with Crippen LogP contribution in [0.2, 0.25) is 0 Å². The average Bonchev–Trinajstić information content (AvgIpc) is 3.55. The first-order valence-corrected chi connectivity index (χ1v) is 29.3.